The second kappa shape index (κ2) is 13.9. The Labute approximate surface area is 248 Å². The predicted molar refractivity (Wildman–Crippen MR) is 163 cm³/mol. The van der Waals surface area contributed by atoms with E-state index in [1.165, 1.54) is 17.9 Å². The molecule has 0 bridgehead atoms. The van der Waals surface area contributed by atoms with Gasteiger partial charge in [0.15, 0.2) is 0 Å². The number of aromatic nitrogens is 1. The highest BCUT2D eigenvalue weighted by Crippen LogP contribution is 2.35. The predicted octanol–water partition coefficient (Wildman–Crippen LogP) is 3.31. The van der Waals surface area contributed by atoms with Crippen molar-refractivity contribution in [1.82, 2.24) is 25.4 Å². The van der Waals surface area contributed by atoms with E-state index in [9.17, 15) is 19.2 Å². The number of likely N-dealkylation sites (N-methyl/N-ethyl adjacent to an activating group) is 2. The number of carboxylic acid groups (broad SMARTS) is 1. The van der Waals surface area contributed by atoms with Crippen molar-refractivity contribution in [2.75, 3.05) is 27.2 Å². The minimum atomic E-state index is -1.05. The quantitative estimate of drug-likeness (QED) is 0.280. The highest BCUT2D eigenvalue weighted by molar-refractivity contribution is 5.93. The highest BCUT2D eigenvalue weighted by atomic mass is 16.5. The molecule has 1 heterocycles. The third-order valence-corrected chi connectivity index (χ3v) is 7.52. The first-order valence-electron chi connectivity index (χ1n) is 14.1. The zero-order valence-electron chi connectivity index (χ0n) is 26.5. The molecule has 1 aromatic carbocycles. The van der Waals surface area contributed by atoms with Gasteiger partial charge in [-0.3, -0.25) is 9.59 Å². The molecular formula is C31H47N5O6. The van der Waals surface area contributed by atoms with Gasteiger partial charge < -0.3 is 35.3 Å². The standard InChI is InChI=1S/C31H47N5O6/c1-11-42-29(41)33-17-20-12-13-23-21(16-20)22(18-36(23)10)31(6,7)24(32-8)26(37)34-25(30(3,4)5)27(38)35(9)15-14-19(2)28(39)40/h12-14,16,18,24-25,32H,11,15,17H2,1-10H3,(H,33,41)(H,34,37)(H,39,40)/b19-14+. The van der Waals surface area contributed by atoms with Crippen molar-refractivity contribution in [2.45, 2.75) is 72.5 Å². The number of nitrogens with one attached hydrogen (secondary N) is 3. The van der Waals surface area contributed by atoms with Crippen LogP contribution in [0.15, 0.2) is 36.0 Å². The zero-order valence-corrected chi connectivity index (χ0v) is 26.5. The second-order valence-corrected chi connectivity index (χ2v) is 12.2. The SMILES string of the molecule is CCOC(=O)NCc1ccc2c(c1)c(C(C)(C)C(NC)C(=O)NC(C(=O)N(C)C/C=C(\C)C(=O)O)C(C)(C)C)cn2C. The van der Waals surface area contributed by atoms with E-state index in [4.69, 9.17) is 9.84 Å². The van der Waals surface area contributed by atoms with Crippen molar-refractivity contribution >= 4 is 34.8 Å². The molecule has 0 radical (unpaired) electrons. The number of fused-ring (bicyclic) bond motifs is 1. The van der Waals surface area contributed by atoms with Crippen LogP contribution in [0.1, 0.15) is 59.6 Å². The van der Waals surface area contributed by atoms with Crippen LogP contribution in [0.5, 0.6) is 0 Å². The topological polar surface area (TPSA) is 142 Å². The number of carbonyl (C=O) groups is 4. The van der Waals surface area contributed by atoms with E-state index in [2.05, 4.69) is 16.0 Å². The molecule has 0 fully saturated rings. The number of alkyl carbamates (subject to hydrolysis) is 1. The lowest BCUT2D eigenvalue weighted by Gasteiger charge is -2.38. The molecule has 42 heavy (non-hydrogen) atoms. The van der Waals surface area contributed by atoms with E-state index >= 15 is 0 Å². The van der Waals surface area contributed by atoms with Gasteiger partial charge in [0.1, 0.15) is 6.04 Å². The number of carboxylic acids is 1. The lowest BCUT2D eigenvalue weighted by atomic mass is 9.76. The van der Waals surface area contributed by atoms with Gasteiger partial charge in [-0.25, -0.2) is 9.59 Å². The zero-order chi connectivity index (χ0) is 32.0. The maximum absolute atomic E-state index is 13.9. The van der Waals surface area contributed by atoms with Crippen LogP contribution in [0.25, 0.3) is 10.9 Å². The van der Waals surface area contributed by atoms with E-state index in [0.717, 1.165) is 22.0 Å². The number of ether oxygens (including phenoxy) is 1. The molecule has 232 valence electrons. The van der Waals surface area contributed by atoms with Gasteiger partial charge in [-0.1, -0.05) is 46.8 Å². The number of carbonyl (C=O) groups excluding carboxylic acids is 3. The summed E-state index contributed by atoms with van der Waals surface area (Å²) in [5, 5.41) is 19.0. The van der Waals surface area contributed by atoms with Gasteiger partial charge in [0.05, 0.1) is 12.6 Å². The van der Waals surface area contributed by atoms with Crippen molar-refractivity contribution in [3.8, 4) is 0 Å². The summed E-state index contributed by atoms with van der Waals surface area (Å²) in [6.07, 6.45) is 2.99. The number of amides is 3. The number of aryl methyl sites for hydroxylation is 1. The minimum absolute atomic E-state index is 0.101. The first-order valence-corrected chi connectivity index (χ1v) is 14.1. The molecule has 11 nitrogen and oxygen atoms in total. The highest BCUT2D eigenvalue weighted by Gasteiger charge is 2.41. The fourth-order valence-corrected chi connectivity index (χ4v) is 4.94. The molecule has 0 aliphatic heterocycles. The molecule has 0 aliphatic carbocycles. The van der Waals surface area contributed by atoms with Crippen molar-refractivity contribution < 1.29 is 29.0 Å². The van der Waals surface area contributed by atoms with Gasteiger partial charge in [0.25, 0.3) is 0 Å². The molecular weight excluding hydrogens is 538 g/mol. The number of hydrogen-bond donors (Lipinski definition) is 4. The Bertz CT molecular complexity index is 1340. The molecule has 0 saturated heterocycles. The van der Waals surface area contributed by atoms with E-state index in [-0.39, 0.29) is 30.5 Å². The van der Waals surface area contributed by atoms with Crippen LogP contribution in [0.4, 0.5) is 4.79 Å². The van der Waals surface area contributed by atoms with Crippen molar-refractivity contribution in [2.24, 2.45) is 12.5 Å². The Morgan fingerprint density at radius 3 is 2.31 bits per heavy atom. The number of rotatable bonds is 12. The van der Waals surface area contributed by atoms with Crippen LogP contribution in [-0.2, 0) is 38.1 Å². The van der Waals surface area contributed by atoms with Crippen LogP contribution < -0.4 is 16.0 Å². The Morgan fingerprint density at radius 2 is 1.76 bits per heavy atom. The van der Waals surface area contributed by atoms with Crippen molar-refractivity contribution in [1.29, 1.82) is 0 Å². The summed E-state index contributed by atoms with van der Waals surface area (Å²) in [5.74, 6) is -1.70. The van der Waals surface area contributed by atoms with Crippen molar-refractivity contribution in [3.63, 3.8) is 0 Å². The minimum Gasteiger partial charge on any atom is -0.478 e. The summed E-state index contributed by atoms with van der Waals surface area (Å²) >= 11 is 0. The van der Waals surface area contributed by atoms with Crippen molar-refractivity contribution in [3.05, 3.63) is 47.2 Å². The van der Waals surface area contributed by atoms with Crippen LogP contribution in [0, 0.1) is 5.41 Å². The smallest absolute Gasteiger partial charge is 0.407 e. The Kier molecular flexibility index (Phi) is 11.3. The molecule has 2 unspecified atom stereocenters. The maximum atomic E-state index is 13.9. The third-order valence-electron chi connectivity index (χ3n) is 7.52. The van der Waals surface area contributed by atoms with Crippen LogP contribution in [0.3, 0.4) is 0 Å². The molecule has 0 saturated carbocycles. The van der Waals surface area contributed by atoms with E-state index in [1.54, 1.807) is 21.0 Å². The van der Waals surface area contributed by atoms with E-state index < -0.39 is 35.0 Å². The van der Waals surface area contributed by atoms with E-state index in [1.807, 2.05) is 70.6 Å². The largest absolute Gasteiger partial charge is 0.478 e. The fourth-order valence-electron chi connectivity index (χ4n) is 4.94. The van der Waals surface area contributed by atoms with Gasteiger partial charge >= 0.3 is 12.1 Å². The molecule has 4 N–H and O–H groups in total. The maximum Gasteiger partial charge on any atom is 0.407 e. The molecule has 2 atom stereocenters. The summed E-state index contributed by atoms with van der Waals surface area (Å²) in [5.41, 5.74) is 1.59. The number of hydrogen-bond acceptors (Lipinski definition) is 6. The number of aliphatic carboxylic acids is 1. The first kappa shape index (κ1) is 34.3. The van der Waals surface area contributed by atoms with Gasteiger partial charge in [-0.2, -0.15) is 0 Å². The summed E-state index contributed by atoms with van der Waals surface area (Å²) < 4.78 is 6.97. The summed E-state index contributed by atoms with van der Waals surface area (Å²) in [6, 6.07) is 4.37. The second-order valence-electron chi connectivity index (χ2n) is 12.2. The molecule has 11 heteroatoms. The monoisotopic (exact) mass is 585 g/mol. The molecule has 1 aromatic heterocycles. The van der Waals surface area contributed by atoms with Crippen LogP contribution >= 0.6 is 0 Å². The lowest BCUT2D eigenvalue weighted by Crippen LogP contribution is -2.60. The van der Waals surface area contributed by atoms with E-state index in [0.29, 0.717) is 6.54 Å². The Morgan fingerprint density at radius 1 is 1.12 bits per heavy atom. The van der Waals surface area contributed by atoms with Gasteiger partial charge in [0, 0.05) is 55.3 Å². The third kappa shape index (κ3) is 8.12. The van der Waals surface area contributed by atoms with Crippen LogP contribution in [-0.4, -0.2) is 77.8 Å². The number of nitrogens with zero attached hydrogens (tertiary/aromatic N) is 2. The normalized spacial score (nSPS) is 13.8. The average molecular weight is 586 g/mol. The number of benzene rings is 1. The van der Waals surface area contributed by atoms with Gasteiger partial charge in [-0.05, 0) is 49.6 Å². The summed E-state index contributed by atoms with van der Waals surface area (Å²) in [6.45, 7) is 13.5. The Hall–Kier alpha value is -3.86. The molecule has 3 amide bonds. The van der Waals surface area contributed by atoms with Gasteiger partial charge in [-0.15, -0.1) is 0 Å². The molecule has 2 aromatic rings. The molecule has 0 spiro atoms. The van der Waals surface area contributed by atoms with Crippen LogP contribution in [0.2, 0.25) is 0 Å². The summed E-state index contributed by atoms with van der Waals surface area (Å²) in [4.78, 5) is 51.7. The molecule has 0 aliphatic rings. The lowest BCUT2D eigenvalue weighted by molar-refractivity contribution is -0.139. The van der Waals surface area contributed by atoms with Gasteiger partial charge in [0.2, 0.25) is 11.8 Å². The molecule has 2 rings (SSSR count). The Balaban J connectivity index is 2.39. The first-order chi connectivity index (χ1) is 19.4. The summed E-state index contributed by atoms with van der Waals surface area (Å²) in [7, 11) is 5.24. The fraction of sp³-hybridized carbons (Fsp3) is 0.548. The average Bonchev–Trinajstić information content (AvgIpc) is 3.24.